The van der Waals surface area contributed by atoms with E-state index in [9.17, 15) is 13.2 Å². The molecule has 1 nitrogen and oxygen atoms in total. The van der Waals surface area contributed by atoms with Gasteiger partial charge in [0.15, 0.2) is 0 Å². The number of nitrogens with two attached hydrogens (primary N) is 1. The molecule has 4 heteroatoms. The standard InChI is InChI=1S/C9H14F3N/c1-6(2)4-8(5-7(3)13)9(10,11)12/h5-6H,3-4,13H2,1-2H3/b8-5+. The zero-order valence-corrected chi connectivity index (χ0v) is 7.78. The van der Waals surface area contributed by atoms with E-state index < -0.39 is 11.7 Å². The van der Waals surface area contributed by atoms with Crippen molar-refractivity contribution in [2.45, 2.75) is 26.4 Å². The normalized spacial score (nSPS) is 13.5. The van der Waals surface area contributed by atoms with Crippen molar-refractivity contribution in [1.82, 2.24) is 0 Å². The lowest BCUT2D eigenvalue weighted by atomic mass is 10.0. The lowest BCUT2D eigenvalue weighted by Crippen LogP contribution is -2.14. The highest BCUT2D eigenvalue weighted by atomic mass is 19.4. The predicted octanol–water partition coefficient (Wildman–Crippen LogP) is 2.99. The van der Waals surface area contributed by atoms with Crippen molar-refractivity contribution in [3.8, 4) is 0 Å². The molecule has 13 heavy (non-hydrogen) atoms. The van der Waals surface area contributed by atoms with Crippen LogP contribution in [0.1, 0.15) is 20.3 Å². The third-order valence-corrected chi connectivity index (χ3v) is 1.35. The first-order chi connectivity index (χ1) is 5.73. The average Bonchev–Trinajstić information content (AvgIpc) is 1.81. The van der Waals surface area contributed by atoms with Gasteiger partial charge in [-0.2, -0.15) is 13.2 Å². The van der Waals surface area contributed by atoms with E-state index in [0.29, 0.717) is 0 Å². The largest absolute Gasteiger partial charge is 0.412 e. The number of halogens is 3. The van der Waals surface area contributed by atoms with Crippen LogP contribution in [-0.2, 0) is 0 Å². The Balaban J connectivity index is 4.67. The second kappa shape index (κ2) is 4.35. The summed E-state index contributed by atoms with van der Waals surface area (Å²) in [5.41, 5.74) is 4.42. The van der Waals surface area contributed by atoms with Gasteiger partial charge in [0, 0.05) is 11.3 Å². The summed E-state index contributed by atoms with van der Waals surface area (Å²) < 4.78 is 36.8. The van der Waals surface area contributed by atoms with Gasteiger partial charge in [0.25, 0.3) is 0 Å². The van der Waals surface area contributed by atoms with Gasteiger partial charge >= 0.3 is 6.18 Å². The highest BCUT2D eigenvalue weighted by Crippen LogP contribution is 2.30. The number of hydrogen-bond acceptors (Lipinski definition) is 1. The Bertz CT molecular complexity index is 213. The second-order valence-electron chi connectivity index (χ2n) is 3.34. The number of rotatable bonds is 3. The molecule has 0 bridgehead atoms. The van der Waals surface area contributed by atoms with Gasteiger partial charge in [-0.3, -0.25) is 0 Å². The van der Waals surface area contributed by atoms with Crippen LogP contribution in [0.4, 0.5) is 13.2 Å². The fraction of sp³-hybridized carbons (Fsp3) is 0.556. The predicted molar refractivity (Wildman–Crippen MR) is 46.9 cm³/mol. The van der Waals surface area contributed by atoms with Crippen molar-refractivity contribution in [2.75, 3.05) is 0 Å². The number of allylic oxidation sites excluding steroid dienone is 2. The van der Waals surface area contributed by atoms with Crippen molar-refractivity contribution < 1.29 is 13.2 Å². The SMILES string of the molecule is C=C(N)/C=C(\CC(C)C)C(F)(F)F. The van der Waals surface area contributed by atoms with Crippen LogP contribution in [-0.4, -0.2) is 6.18 Å². The maximum absolute atomic E-state index is 12.3. The molecule has 0 heterocycles. The first-order valence-corrected chi connectivity index (χ1v) is 3.95. The van der Waals surface area contributed by atoms with Crippen LogP contribution in [0.3, 0.4) is 0 Å². The molecule has 0 atom stereocenters. The first-order valence-electron chi connectivity index (χ1n) is 3.95. The van der Waals surface area contributed by atoms with Gasteiger partial charge in [-0.25, -0.2) is 0 Å². The summed E-state index contributed by atoms with van der Waals surface area (Å²) in [6, 6.07) is 0. The van der Waals surface area contributed by atoms with Crippen molar-refractivity contribution in [2.24, 2.45) is 11.7 Å². The molecule has 0 saturated carbocycles. The van der Waals surface area contributed by atoms with Gasteiger partial charge in [0.05, 0.1) is 0 Å². The van der Waals surface area contributed by atoms with Crippen LogP contribution in [0, 0.1) is 5.92 Å². The van der Waals surface area contributed by atoms with E-state index in [1.54, 1.807) is 13.8 Å². The Morgan fingerprint density at radius 3 is 2.15 bits per heavy atom. The lowest BCUT2D eigenvalue weighted by Gasteiger charge is -2.13. The minimum atomic E-state index is -4.30. The topological polar surface area (TPSA) is 26.0 Å². The Kier molecular flexibility index (Phi) is 4.04. The Morgan fingerprint density at radius 1 is 1.46 bits per heavy atom. The smallest absolute Gasteiger partial charge is 0.399 e. The molecule has 0 unspecified atom stereocenters. The van der Waals surface area contributed by atoms with E-state index in [2.05, 4.69) is 6.58 Å². The Hall–Kier alpha value is -0.930. The molecule has 0 spiro atoms. The van der Waals surface area contributed by atoms with Crippen LogP contribution < -0.4 is 5.73 Å². The fourth-order valence-electron chi connectivity index (χ4n) is 0.920. The van der Waals surface area contributed by atoms with E-state index in [-0.39, 0.29) is 18.0 Å². The summed E-state index contributed by atoms with van der Waals surface area (Å²) >= 11 is 0. The molecule has 0 aliphatic heterocycles. The molecule has 0 radical (unpaired) electrons. The van der Waals surface area contributed by atoms with E-state index in [1.165, 1.54) is 0 Å². The average molecular weight is 193 g/mol. The van der Waals surface area contributed by atoms with Gasteiger partial charge in [-0.05, 0) is 18.4 Å². The van der Waals surface area contributed by atoms with Crippen molar-refractivity contribution in [3.63, 3.8) is 0 Å². The molecule has 0 amide bonds. The van der Waals surface area contributed by atoms with Crippen LogP contribution in [0.15, 0.2) is 23.9 Å². The molecule has 0 aromatic heterocycles. The monoisotopic (exact) mass is 193 g/mol. The van der Waals surface area contributed by atoms with Crippen LogP contribution >= 0.6 is 0 Å². The minimum absolute atomic E-state index is 0.0281. The molecule has 0 aliphatic rings. The van der Waals surface area contributed by atoms with E-state index in [1.807, 2.05) is 0 Å². The van der Waals surface area contributed by atoms with Crippen LogP contribution in [0.2, 0.25) is 0 Å². The first kappa shape index (κ1) is 12.1. The maximum atomic E-state index is 12.3. The zero-order valence-electron chi connectivity index (χ0n) is 7.78. The molecule has 76 valence electrons. The lowest BCUT2D eigenvalue weighted by molar-refractivity contribution is -0.0950. The third kappa shape index (κ3) is 5.33. The van der Waals surface area contributed by atoms with E-state index in [0.717, 1.165) is 6.08 Å². The molecule has 0 aromatic rings. The molecular formula is C9H14F3N. The highest BCUT2D eigenvalue weighted by Gasteiger charge is 2.33. The second-order valence-corrected chi connectivity index (χ2v) is 3.34. The van der Waals surface area contributed by atoms with Gasteiger partial charge in [-0.15, -0.1) is 0 Å². The summed E-state index contributed by atoms with van der Waals surface area (Å²) in [6.07, 6.45) is -3.44. The fourth-order valence-corrected chi connectivity index (χ4v) is 0.920. The Morgan fingerprint density at radius 2 is 1.92 bits per heavy atom. The van der Waals surface area contributed by atoms with Crippen molar-refractivity contribution in [3.05, 3.63) is 23.9 Å². The summed E-state index contributed by atoms with van der Waals surface area (Å²) in [4.78, 5) is 0. The van der Waals surface area contributed by atoms with Crippen molar-refractivity contribution >= 4 is 0 Å². The summed E-state index contributed by atoms with van der Waals surface area (Å²) in [7, 11) is 0. The maximum Gasteiger partial charge on any atom is 0.412 e. The number of hydrogen-bond donors (Lipinski definition) is 1. The zero-order chi connectivity index (χ0) is 10.6. The van der Waals surface area contributed by atoms with E-state index >= 15 is 0 Å². The molecule has 2 N–H and O–H groups in total. The Labute approximate surface area is 76.1 Å². The van der Waals surface area contributed by atoms with Gasteiger partial charge in [0.2, 0.25) is 0 Å². The van der Waals surface area contributed by atoms with Gasteiger partial charge in [-0.1, -0.05) is 20.4 Å². The molecule has 0 fully saturated rings. The molecular weight excluding hydrogens is 179 g/mol. The molecule has 0 aliphatic carbocycles. The van der Waals surface area contributed by atoms with Crippen LogP contribution in [0.25, 0.3) is 0 Å². The van der Waals surface area contributed by atoms with Crippen LogP contribution in [0.5, 0.6) is 0 Å². The number of alkyl halides is 3. The van der Waals surface area contributed by atoms with Gasteiger partial charge < -0.3 is 5.73 Å². The molecule has 0 rings (SSSR count). The van der Waals surface area contributed by atoms with Crippen molar-refractivity contribution in [1.29, 1.82) is 0 Å². The highest BCUT2D eigenvalue weighted by molar-refractivity contribution is 5.21. The minimum Gasteiger partial charge on any atom is -0.399 e. The molecule has 0 aromatic carbocycles. The van der Waals surface area contributed by atoms with E-state index in [4.69, 9.17) is 5.73 Å². The molecule has 0 saturated heterocycles. The summed E-state index contributed by atoms with van der Waals surface area (Å²) in [5.74, 6) is -0.0489. The third-order valence-electron chi connectivity index (χ3n) is 1.35. The summed E-state index contributed by atoms with van der Waals surface area (Å²) in [5, 5.41) is 0. The summed E-state index contributed by atoms with van der Waals surface area (Å²) in [6.45, 7) is 6.66. The van der Waals surface area contributed by atoms with Gasteiger partial charge in [0.1, 0.15) is 0 Å². The quantitative estimate of drug-likeness (QED) is 0.685.